The van der Waals surface area contributed by atoms with Crippen LogP contribution in [0.1, 0.15) is 24.8 Å². The molecule has 0 unspecified atom stereocenters. The van der Waals surface area contributed by atoms with Crippen LogP contribution in [-0.4, -0.2) is 27.2 Å². The van der Waals surface area contributed by atoms with Gasteiger partial charge in [-0.3, -0.25) is 4.79 Å². The lowest BCUT2D eigenvalue weighted by atomic mass is 9.63. The Kier molecular flexibility index (Phi) is 4.83. The van der Waals surface area contributed by atoms with Gasteiger partial charge in [0.25, 0.3) is 0 Å². The number of carbonyl (C=O) groups is 1. The van der Waals surface area contributed by atoms with E-state index in [0.29, 0.717) is 17.2 Å². The summed E-state index contributed by atoms with van der Waals surface area (Å²) in [6.45, 7) is 0. The fourth-order valence-corrected chi connectivity index (χ4v) is 3.33. The first kappa shape index (κ1) is 17.1. The monoisotopic (exact) mass is 341 g/mol. The number of methoxy groups -OCH3 is 3. The maximum atomic E-state index is 13.2. The lowest BCUT2D eigenvalue weighted by Crippen LogP contribution is -2.46. The highest BCUT2D eigenvalue weighted by atomic mass is 16.5. The van der Waals surface area contributed by atoms with Crippen molar-refractivity contribution in [3.8, 4) is 17.2 Å². The van der Waals surface area contributed by atoms with Crippen LogP contribution >= 0.6 is 0 Å². The van der Waals surface area contributed by atoms with Gasteiger partial charge in [0.05, 0.1) is 32.4 Å². The fourth-order valence-electron chi connectivity index (χ4n) is 3.33. The summed E-state index contributed by atoms with van der Waals surface area (Å²) in [6, 6.07) is 13.1. The van der Waals surface area contributed by atoms with E-state index in [1.54, 1.807) is 39.5 Å². The smallest absolute Gasteiger partial charge is 0.235 e. The Morgan fingerprint density at radius 3 is 2.28 bits per heavy atom. The Labute approximate surface area is 147 Å². The summed E-state index contributed by atoms with van der Waals surface area (Å²) in [5.41, 5.74) is 1.01. The zero-order valence-electron chi connectivity index (χ0n) is 14.8. The highest BCUT2D eigenvalue weighted by Gasteiger charge is 2.47. The number of anilines is 1. The fraction of sp³-hybridized carbons (Fsp3) is 0.350. The second-order valence-electron chi connectivity index (χ2n) is 6.16. The molecule has 0 aromatic heterocycles. The average molecular weight is 341 g/mol. The summed E-state index contributed by atoms with van der Waals surface area (Å²) in [7, 11) is 4.80. The van der Waals surface area contributed by atoms with Crippen molar-refractivity contribution in [1.29, 1.82) is 0 Å². The number of ether oxygens (including phenoxy) is 3. The van der Waals surface area contributed by atoms with Gasteiger partial charge in [0, 0.05) is 11.6 Å². The van der Waals surface area contributed by atoms with Crippen LogP contribution in [0.25, 0.3) is 0 Å². The van der Waals surface area contributed by atoms with Crippen LogP contribution in [0, 0.1) is 0 Å². The molecule has 1 aliphatic carbocycles. The van der Waals surface area contributed by atoms with Crippen molar-refractivity contribution >= 4 is 11.6 Å². The molecule has 1 amide bonds. The third kappa shape index (κ3) is 3.02. The predicted molar refractivity (Wildman–Crippen MR) is 96.7 cm³/mol. The minimum atomic E-state index is -0.558. The van der Waals surface area contributed by atoms with Crippen LogP contribution in [-0.2, 0) is 10.2 Å². The molecule has 3 rings (SSSR count). The summed E-state index contributed by atoms with van der Waals surface area (Å²) in [5, 5.41) is 3.03. The van der Waals surface area contributed by atoms with Crippen molar-refractivity contribution in [2.24, 2.45) is 0 Å². The molecule has 5 heteroatoms. The van der Waals surface area contributed by atoms with Crippen LogP contribution in [0.5, 0.6) is 17.2 Å². The van der Waals surface area contributed by atoms with Crippen LogP contribution in [0.4, 0.5) is 5.69 Å². The van der Waals surface area contributed by atoms with Crippen LogP contribution < -0.4 is 19.5 Å². The topological polar surface area (TPSA) is 56.8 Å². The molecule has 25 heavy (non-hydrogen) atoms. The number of amides is 1. The number of hydrogen-bond acceptors (Lipinski definition) is 4. The number of hydrogen-bond donors (Lipinski definition) is 1. The van der Waals surface area contributed by atoms with Crippen molar-refractivity contribution in [3.05, 3.63) is 48.0 Å². The number of para-hydroxylation sites is 1. The van der Waals surface area contributed by atoms with Crippen LogP contribution in [0.15, 0.2) is 42.5 Å². The van der Waals surface area contributed by atoms with Gasteiger partial charge >= 0.3 is 0 Å². The number of carbonyl (C=O) groups excluding carboxylic acids is 1. The maximum absolute atomic E-state index is 13.2. The molecule has 132 valence electrons. The van der Waals surface area contributed by atoms with Gasteiger partial charge in [0.15, 0.2) is 0 Å². The zero-order valence-corrected chi connectivity index (χ0v) is 14.8. The zero-order chi connectivity index (χ0) is 17.9. The standard InChI is InChI=1S/C20H23NO4/c1-23-14-9-10-16(18(13-14)25-3)21-19(22)20(11-6-12-20)15-7-4-5-8-17(15)24-2/h4-5,7-10,13H,6,11-12H2,1-3H3,(H,21,22). The van der Waals surface area contributed by atoms with Gasteiger partial charge in [-0.15, -0.1) is 0 Å². The molecule has 2 aromatic rings. The molecule has 0 aliphatic heterocycles. The van der Waals surface area contributed by atoms with E-state index in [2.05, 4.69) is 5.32 Å². The Hall–Kier alpha value is -2.69. The van der Waals surface area contributed by atoms with Crippen LogP contribution in [0.2, 0.25) is 0 Å². The number of rotatable bonds is 6. The SMILES string of the molecule is COc1ccc(NC(=O)C2(c3ccccc3OC)CCC2)c(OC)c1. The van der Waals surface area contributed by atoms with Gasteiger partial charge in [0.1, 0.15) is 17.2 Å². The summed E-state index contributed by atoms with van der Waals surface area (Å²) >= 11 is 0. The second-order valence-corrected chi connectivity index (χ2v) is 6.16. The molecule has 1 saturated carbocycles. The van der Waals surface area contributed by atoms with Gasteiger partial charge in [0.2, 0.25) is 5.91 Å². The van der Waals surface area contributed by atoms with E-state index >= 15 is 0 Å². The van der Waals surface area contributed by atoms with Crippen LogP contribution in [0.3, 0.4) is 0 Å². The minimum absolute atomic E-state index is 0.0354. The molecule has 2 aromatic carbocycles. The van der Waals surface area contributed by atoms with E-state index in [1.807, 2.05) is 24.3 Å². The highest BCUT2D eigenvalue weighted by molar-refractivity contribution is 6.01. The molecule has 0 saturated heterocycles. The summed E-state index contributed by atoms with van der Waals surface area (Å²) in [4.78, 5) is 13.2. The summed E-state index contributed by atoms with van der Waals surface area (Å²) in [6.07, 6.45) is 2.63. The average Bonchev–Trinajstić information content (AvgIpc) is 2.61. The first-order chi connectivity index (χ1) is 12.1. The normalized spacial score (nSPS) is 15.0. The molecule has 0 radical (unpaired) electrons. The molecule has 0 spiro atoms. The first-order valence-corrected chi connectivity index (χ1v) is 8.31. The van der Waals surface area contributed by atoms with Gasteiger partial charge < -0.3 is 19.5 Å². The Balaban J connectivity index is 1.91. The Morgan fingerprint density at radius 1 is 0.960 bits per heavy atom. The minimum Gasteiger partial charge on any atom is -0.497 e. The van der Waals surface area contributed by atoms with Crippen molar-refractivity contribution in [3.63, 3.8) is 0 Å². The third-order valence-electron chi connectivity index (χ3n) is 4.92. The van der Waals surface area contributed by atoms with E-state index in [1.165, 1.54) is 0 Å². The first-order valence-electron chi connectivity index (χ1n) is 8.31. The number of benzene rings is 2. The molecular formula is C20H23NO4. The lowest BCUT2D eigenvalue weighted by molar-refractivity contribution is -0.124. The van der Waals surface area contributed by atoms with Gasteiger partial charge in [-0.2, -0.15) is 0 Å². The molecule has 0 atom stereocenters. The molecule has 0 bridgehead atoms. The Bertz CT molecular complexity index is 768. The largest absolute Gasteiger partial charge is 0.497 e. The predicted octanol–water partition coefficient (Wildman–Crippen LogP) is 3.77. The van der Waals surface area contributed by atoms with E-state index in [4.69, 9.17) is 14.2 Å². The molecular weight excluding hydrogens is 318 g/mol. The molecule has 1 aliphatic rings. The van der Waals surface area contributed by atoms with E-state index < -0.39 is 5.41 Å². The van der Waals surface area contributed by atoms with Crippen molar-refractivity contribution < 1.29 is 19.0 Å². The van der Waals surface area contributed by atoms with Crippen molar-refractivity contribution in [1.82, 2.24) is 0 Å². The van der Waals surface area contributed by atoms with Gasteiger partial charge in [-0.05, 0) is 31.0 Å². The summed E-state index contributed by atoms with van der Waals surface area (Å²) in [5.74, 6) is 1.96. The van der Waals surface area contributed by atoms with Crippen molar-refractivity contribution in [2.75, 3.05) is 26.6 Å². The van der Waals surface area contributed by atoms with Gasteiger partial charge in [-0.25, -0.2) is 0 Å². The second kappa shape index (κ2) is 7.05. The van der Waals surface area contributed by atoms with E-state index in [0.717, 1.165) is 30.6 Å². The molecule has 5 nitrogen and oxygen atoms in total. The third-order valence-corrected chi connectivity index (χ3v) is 4.92. The quantitative estimate of drug-likeness (QED) is 0.869. The molecule has 1 fully saturated rings. The number of nitrogens with one attached hydrogen (secondary N) is 1. The highest BCUT2D eigenvalue weighted by Crippen LogP contribution is 2.48. The summed E-state index contributed by atoms with van der Waals surface area (Å²) < 4.78 is 16.1. The lowest BCUT2D eigenvalue weighted by Gasteiger charge is -2.41. The maximum Gasteiger partial charge on any atom is 0.235 e. The molecule has 1 N–H and O–H groups in total. The van der Waals surface area contributed by atoms with E-state index in [9.17, 15) is 4.79 Å². The van der Waals surface area contributed by atoms with Crippen molar-refractivity contribution in [2.45, 2.75) is 24.7 Å². The Morgan fingerprint density at radius 2 is 1.68 bits per heavy atom. The van der Waals surface area contributed by atoms with Gasteiger partial charge in [-0.1, -0.05) is 24.6 Å². The molecule has 0 heterocycles. The van der Waals surface area contributed by atoms with E-state index in [-0.39, 0.29) is 5.91 Å².